The highest BCUT2D eigenvalue weighted by Crippen LogP contribution is 2.27. The van der Waals surface area contributed by atoms with Gasteiger partial charge in [-0.25, -0.2) is 9.37 Å². The van der Waals surface area contributed by atoms with Crippen LogP contribution in [0.5, 0.6) is 11.6 Å². The number of nitrogens with zero attached hydrogens (tertiary/aromatic N) is 2. The first-order valence-electron chi connectivity index (χ1n) is 5.32. The van der Waals surface area contributed by atoms with E-state index in [2.05, 4.69) is 4.98 Å². The molecule has 1 aromatic heterocycles. The molecule has 0 bridgehead atoms. The molecule has 2 rings (SSSR count). The van der Waals surface area contributed by atoms with Gasteiger partial charge in [0.25, 0.3) is 5.69 Å². The van der Waals surface area contributed by atoms with Crippen LogP contribution in [0.4, 0.5) is 15.8 Å². The second-order valence-corrected chi connectivity index (χ2v) is 3.80. The van der Waals surface area contributed by atoms with E-state index in [0.29, 0.717) is 11.4 Å². The molecular formula is C12H10FN3O3. The fraction of sp³-hybridized carbons (Fsp3) is 0.0833. The van der Waals surface area contributed by atoms with E-state index in [1.807, 2.05) is 0 Å². The third kappa shape index (κ3) is 2.76. The van der Waals surface area contributed by atoms with E-state index in [-0.39, 0.29) is 17.3 Å². The van der Waals surface area contributed by atoms with E-state index < -0.39 is 10.7 Å². The lowest BCUT2D eigenvalue weighted by Gasteiger charge is -2.07. The second-order valence-electron chi connectivity index (χ2n) is 3.80. The molecule has 98 valence electrons. The minimum atomic E-state index is -0.828. The number of nitro benzene ring substituents is 1. The van der Waals surface area contributed by atoms with Gasteiger partial charge in [-0.15, -0.1) is 0 Å². The number of non-ortho nitro benzene ring substituents is 1. The van der Waals surface area contributed by atoms with Crippen LogP contribution in [-0.2, 0) is 0 Å². The van der Waals surface area contributed by atoms with Crippen molar-refractivity contribution in [3.8, 4) is 11.6 Å². The molecule has 0 aliphatic carbocycles. The Hall–Kier alpha value is -2.70. The topological polar surface area (TPSA) is 91.3 Å². The van der Waals surface area contributed by atoms with E-state index in [1.165, 1.54) is 12.1 Å². The minimum Gasteiger partial charge on any atom is -0.436 e. The van der Waals surface area contributed by atoms with Gasteiger partial charge in [0.2, 0.25) is 5.88 Å². The smallest absolute Gasteiger partial charge is 0.272 e. The lowest BCUT2D eigenvalue weighted by Crippen LogP contribution is -1.97. The zero-order chi connectivity index (χ0) is 14.0. The minimum absolute atomic E-state index is 0.137. The molecule has 0 fully saturated rings. The maximum absolute atomic E-state index is 13.6. The van der Waals surface area contributed by atoms with Crippen LogP contribution in [0.3, 0.4) is 0 Å². The van der Waals surface area contributed by atoms with E-state index in [9.17, 15) is 14.5 Å². The Morgan fingerprint density at radius 3 is 2.68 bits per heavy atom. The molecule has 0 saturated heterocycles. The third-order valence-corrected chi connectivity index (χ3v) is 2.44. The van der Waals surface area contributed by atoms with E-state index in [4.69, 9.17) is 10.5 Å². The number of aromatic nitrogens is 1. The molecule has 6 nitrogen and oxygen atoms in total. The zero-order valence-electron chi connectivity index (χ0n) is 9.96. The van der Waals surface area contributed by atoms with Gasteiger partial charge in [0, 0.05) is 12.1 Å². The summed E-state index contributed by atoms with van der Waals surface area (Å²) in [6, 6.07) is 6.20. The van der Waals surface area contributed by atoms with Gasteiger partial charge in [0.1, 0.15) is 0 Å². The molecule has 0 saturated carbocycles. The van der Waals surface area contributed by atoms with Crippen LogP contribution in [0.25, 0.3) is 0 Å². The molecular weight excluding hydrogens is 253 g/mol. The van der Waals surface area contributed by atoms with Crippen molar-refractivity contribution in [3.63, 3.8) is 0 Å². The summed E-state index contributed by atoms with van der Waals surface area (Å²) in [5, 5.41) is 10.5. The number of rotatable bonds is 3. The Morgan fingerprint density at radius 1 is 1.37 bits per heavy atom. The van der Waals surface area contributed by atoms with Crippen molar-refractivity contribution in [2.75, 3.05) is 5.73 Å². The molecule has 0 aliphatic heterocycles. The Kier molecular flexibility index (Phi) is 3.28. The highest BCUT2D eigenvalue weighted by Gasteiger charge is 2.12. The van der Waals surface area contributed by atoms with E-state index >= 15 is 0 Å². The number of anilines is 1. The Labute approximate surface area is 107 Å². The molecule has 0 atom stereocenters. The van der Waals surface area contributed by atoms with Crippen molar-refractivity contribution in [2.45, 2.75) is 6.92 Å². The van der Waals surface area contributed by atoms with Crippen molar-refractivity contribution in [3.05, 3.63) is 52.0 Å². The molecule has 0 aliphatic rings. The average molecular weight is 263 g/mol. The number of aryl methyl sites for hydroxylation is 1. The first-order valence-corrected chi connectivity index (χ1v) is 5.32. The van der Waals surface area contributed by atoms with E-state index in [0.717, 1.165) is 12.1 Å². The number of hydrogen-bond acceptors (Lipinski definition) is 5. The number of ether oxygens (including phenoxy) is 1. The van der Waals surface area contributed by atoms with Crippen molar-refractivity contribution >= 4 is 11.4 Å². The van der Waals surface area contributed by atoms with Crippen molar-refractivity contribution in [2.24, 2.45) is 0 Å². The summed E-state index contributed by atoms with van der Waals surface area (Å²) in [6.07, 6.45) is 0. The molecule has 19 heavy (non-hydrogen) atoms. The van der Waals surface area contributed by atoms with Gasteiger partial charge in [0.05, 0.1) is 22.4 Å². The number of benzene rings is 1. The van der Waals surface area contributed by atoms with Crippen molar-refractivity contribution in [1.29, 1.82) is 0 Å². The summed E-state index contributed by atoms with van der Waals surface area (Å²) < 4.78 is 18.8. The molecule has 7 heteroatoms. The number of nitrogen functional groups attached to an aromatic ring is 1. The molecule has 0 amide bonds. The Morgan fingerprint density at radius 2 is 2.11 bits per heavy atom. The number of halogens is 1. The SMILES string of the molecule is Cc1nc(Oc2ccc([N+](=O)[O-])cc2F)ccc1N. The number of nitro groups is 1. The fourth-order valence-corrected chi connectivity index (χ4v) is 1.40. The second kappa shape index (κ2) is 4.89. The predicted molar refractivity (Wildman–Crippen MR) is 66.5 cm³/mol. The maximum atomic E-state index is 13.6. The molecule has 2 aromatic rings. The quantitative estimate of drug-likeness (QED) is 0.679. The summed E-state index contributed by atoms with van der Waals surface area (Å²) in [4.78, 5) is 13.8. The van der Waals surface area contributed by atoms with Crippen LogP contribution < -0.4 is 10.5 Å². The summed E-state index contributed by atoms with van der Waals surface area (Å²) in [6.45, 7) is 1.69. The summed E-state index contributed by atoms with van der Waals surface area (Å²) in [7, 11) is 0. The average Bonchev–Trinajstić information content (AvgIpc) is 2.36. The number of hydrogen-bond donors (Lipinski definition) is 1. The van der Waals surface area contributed by atoms with Crippen LogP contribution in [0.2, 0.25) is 0 Å². The van der Waals surface area contributed by atoms with Gasteiger partial charge in [-0.3, -0.25) is 10.1 Å². The van der Waals surface area contributed by atoms with Gasteiger partial charge < -0.3 is 10.5 Å². The normalized spacial score (nSPS) is 10.2. The van der Waals surface area contributed by atoms with Crippen LogP contribution >= 0.6 is 0 Å². The summed E-state index contributed by atoms with van der Waals surface area (Å²) >= 11 is 0. The van der Waals surface area contributed by atoms with Gasteiger partial charge in [0.15, 0.2) is 11.6 Å². The van der Waals surface area contributed by atoms with Gasteiger partial charge >= 0.3 is 0 Å². The van der Waals surface area contributed by atoms with Gasteiger partial charge in [-0.1, -0.05) is 0 Å². The van der Waals surface area contributed by atoms with Crippen LogP contribution in [0.1, 0.15) is 5.69 Å². The first-order chi connectivity index (χ1) is 8.97. The lowest BCUT2D eigenvalue weighted by atomic mass is 10.3. The molecule has 0 spiro atoms. The van der Waals surface area contributed by atoms with Gasteiger partial charge in [-0.05, 0) is 19.1 Å². The first kappa shape index (κ1) is 12.7. The van der Waals surface area contributed by atoms with Crippen molar-refractivity contribution in [1.82, 2.24) is 4.98 Å². The molecule has 0 unspecified atom stereocenters. The largest absolute Gasteiger partial charge is 0.436 e. The number of nitrogens with two attached hydrogens (primary N) is 1. The van der Waals surface area contributed by atoms with Gasteiger partial charge in [-0.2, -0.15) is 0 Å². The standard InChI is InChI=1S/C12H10FN3O3/c1-7-10(14)3-5-12(15-7)19-11-4-2-8(16(17)18)6-9(11)13/h2-6H,14H2,1H3. The predicted octanol–water partition coefficient (Wildman–Crippen LogP) is 2.81. The molecule has 1 heterocycles. The lowest BCUT2D eigenvalue weighted by molar-refractivity contribution is -0.385. The van der Waals surface area contributed by atoms with Crippen LogP contribution in [0, 0.1) is 22.9 Å². The number of pyridine rings is 1. The summed E-state index contributed by atoms with van der Waals surface area (Å²) in [5.74, 6) is -0.799. The summed E-state index contributed by atoms with van der Waals surface area (Å²) in [5.41, 5.74) is 6.31. The van der Waals surface area contributed by atoms with E-state index in [1.54, 1.807) is 13.0 Å². The monoisotopic (exact) mass is 263 g/mol. The zero-order valence-corrected chi connectivity index (χ0v) is 9.96. The van der Waals surface area contributed by atoms with Crippen molar-refractivity contribution < 1.29 is 14.1 Å². The highest BCUT2D eigenvalue weighted by molar-refractivity contribution is 5.45. The Balaban J connectivity index is 2.28. The molecule has 0 radical (unpaired) electrons. The highest BCUT2D eigenvalue weighted by atomic mass is 19.1. The van der Waals surface area contributed by atoms with Crippen LogP contribution in [-0.4, -0.2) is 9.91 Å². The third-order valence-electron chi connectivity index (χ3n) is 2.44. The van der Waals surface area contributed by atoms with Crippen LogP contribution in [0.15, 0.2) is 30.3 Å². The molecule has 2 N–H and O–H groups in total. The Bertz CT molecular complexity index is 646. The fourth-order valence-electron chi connectivity index (χ4n) is 1.40. The maximum Gasteiger partial charge on any atom is 0.272 e. The molecule has 1 aromatic carbocycles.